The second-order valence-electron chi connectivity index (χ2n) is 5.06. The Morgan fingerprint density at radius 2 is 1.96 bits per heavy atom. The molecule has 0 atom stereocenters. The zero-order valence-electron chi connectivity index (χ0n) is 12.7. The maximum atomic E-state index is 11.8. The average molecular weight is 328 g/mol. The summed E-state index contributed by atoms with van der Waals surface area (Å²) in [6.45, 7) is 1.07. The van der Waals surface area contributed by atoms with E-state index in [2.05, 4.69) is 16.7 Å². The van der Waals surface area contributed by atoms with Crippen LogP contribution < -0.4 is 10.6 Å². The van der Waals surface area contributed by atoms with Gasteiger partial charge in [-0.05, 0) is 36.2 Å². The number of para-hydroxylation sites is 1. The number of nitriles is 1. The largest absolute Gasteiger partial charge is 0.383 e. The van der Waals surface area contributed by atoms with Crippen molar-refractivity contribution in [3.63, 3.8) is 0 Å². The fourth-order valence-corrected chi connectivity index (χ4v) is 2.39. The van der Waals surface area contributed by atoms with Crippen molar-refractivity contribution in [2.24, 2.45) is 0 Å². The lowest BCUT2D eigenvalue weighted by Crippen LogP contribution is -2.27. The third kappa shape index (κ3) is 5.65. The first-order valence-electron chi connectivity index (χ1n) is 7.43. The third-order valence-corrected chi connectivity index (χ3v) is 3.57. The molecule has 0 radical (unpaired) electrons. The lowest BCUT2D eigenvalue weighted by molar-refractivity contribution is -0.120. The maximum Gasteiger partial charge on any atom is 0.221 e. The fourth-order valence-electron chi connectivity index (χ4n) is 2.17. The van der Waals surface area contributed by atoms with Crippen LogP contribution in [0, 0.1) is 11.3 Å². The molecule has 4 nitrogen and oxygen atoms in total. The van der Waals surface area contributed by atoms with E-state index in [1.807, 2.05) is 42.5 Å². The van der Waals surface area contributed by atoms with Gasteiger partial charge in [0.25, 0.3) is 0 Å². The van der Waals surface area contributed by atoms with Crippen molar-refractivity contribution in [2.75, 3.05) is 18.4 Å². The highest BCUT2D eigenvalue weighted by atomic mass is 35.5. The molecule has 118 valence electrons. The van der Waals surface area contributed by atoms with Crippen LogP contribution in [-0.4, -0.2) is 19.0 Å². The Kier molecular flexibility index (Phi) is 6.46. The molecular formula is C18H18ClN3O. The van der Waals surface area contributed by atoms with E-state index in [9.17, 15) is 4.79 Å². The van der Waals surface area contributed by atoms with Crippen molar-refractivity contribution in [2.45, 2.75) is 12.8 Å². The minimum Gasteiger partial charge on any atom is -0.383 e. The van der Waals surface area contributed by atoms with Crippen LogP contribution in [0.15, 0.2) is 48.5 Å². The second-order valence-corrected chi connectivity index (χ2v) is 5.50. The average Bonchev–Trinajstić information content (AvgIpc) is 2.55. The van der Waals surface area contributed by atoms with E-state index >= 15 is 0 Å². The summed E-state index contributed by atoms with van der Waals surface area (Å²) < 4.78 is 0. The van der Waals surface area contributed by atoms with Crippen molar-refractivity contribution in [1.29, 1.82) is 5.26 Å². The Morgan fingerprint density at radius 3 is 2.74 bits per heavy atom. The van der Waals surface area contributed by atoms with E-state index in [4.69, 9.17) is 16.9 Å². The quantitative estimate of drug-likeness (QED) is 0.819. The third-order valence-electron chi connectivity index (χ3n) is 3.34. The molecule has 0 saturated heterocycles. The molecule has 23 heavy (non-hydrogen) atoms. The van der Waals surface area contributed by atoms with Crippen LogP contribution in [0.5, 0.6) is 0 Å². The molecule has 0 bridgehead atoms. The van der Waals surface area contributed by atoms with Gasteiger partial charge in [-0.15, -0.1) is 0 Å². The molecule has 5 heteroatoms. The van der Waals surface area contributed by atoms with Gasteiger partial charge in [-0.3, -0.25) is 4.79 Å². The first-order valence-corrected chi connectivity index (χ1v) is 7.81. The minimum absolute atomic E-state index is 0.0195. The number of rotatable bonds is 7. The summed E-state index contributed by atoms with van der Waals surface area (Å²) in [5, 5.41) is 15.7. The fraction of sp³-hybridized carbons (Fsp3) is 0.222. The molecule has 0 heterocycles. The first kappa shape index (κ1) is 16.9. The second kappa shape index (κ2) is 8.82. The molecule has 0 unspecified atom stereocenters. The zero-order chi connectivity index (χ0) is 16.5. The molecule has 2 aromatic rings. The van der Waals surface area contributed by atoms with Crippen molar-refractivity contribution in [3.05, 3.63) is 64.7 Å². The molecule has 0 aliphatic heterocycles. The smallest absolute Gasteiger partial charge is 0.221 e. The normalized spacial score (nSPS) is 9.91. The van der Waals surface area contributed by atoms with Gasteiger partial charge in [0.1, 0.15) is 6.07 Å². The molecule has 2 aromatic carbocycles. The van der Waals surface area contributed by atoms with E-state index in [0.717, 1.165) is 17.7 Å². The van der Waals surface area contributed by atoms with E-state index in [1.165, 1.54) is 0 Å². The Balaban J connectivity index is 1.68. The SMILES string of the molecule is N#Cc1ccccc1NCCC(=O)NCCc1cccc(Cl)c1. The Morgan fingerprint density at radius 1 is 1.13 bits per heavy atom. The number of benzene rings is 2. The van der Waals surface area contributed by atoms with Crippen LogP contribution in [0.4, 0.5) is 5.69 Å². The highest BCUT2D eigenvalue weighted by Crippen LogP contribution is 2.13. The predicted molar refractivity (Wildman–Crippen MR) is 92.4 cm³/mol. The highest BCUT2D eigenvalue weighted by molar-refractivity contribution is 6.30. The van der Waals surface area contributed by atoms with Gasteiger partial charge in [-0.2, -0.15) is 5.26 Å². The molecule has 0 aliphatic rings. The summed E-state index contributed by atoms with van der Waals surface area (Å²) in [7, 11) is 0. The van der Waals surface area contributed by atoms with Crippen LogP contribution in [0.1, 0.15) is 17.5 Å². The van der Waals surface area contributed by atoms with Gasteiger partial charge in [0, 0.05) is 24.5 Å². The van der Waals surface area contributed by atoms with Crippen LogP contribution in [0.3, 0.4) is 0 Å². The maximum absolute atomic E-state index is 11.8. The number of halogens is 1. The van der Waals surface area contributed by atoms with Crippen LogP contribution in [0.2, 0.25) is 5.02 Å². The molecule has 2 N–H and O–H groups in total. The van der Waals surface area contributed by atoms with Crippen LogP contribution >= 0.6 is 11.6 Å². The van der Waals surface area contributed by atoms with Crippen LogP contribution in [0.25, 0.3) is 0 Å². The molecule has 0 fully saturated rings. The van der Waals surface area contributed by atoms with Gasteiger partial charge in [0.15, 0.2) is 0 Å². The van der Waals surface area contributed by atoms with Gasteiger partial charge >= 0.3 is 0 Å². The van der Waals surface area contributed by atoms with E-state index < -0.39 is 0 Å². The first-order chi connectivity index (χ1) is 11.2. The summed E-state index contributed by atoms with van der Waals surface area (Å²) in [6.07, 6.45) is 1.10. The number of carbonyl (C=O) groups is 1. The van der Waals surface area contributed by atoms with Crippen molar-refractivity contribution in [1.82, 2.24) is 5.32 Å². The topological polar surface area (TPSA) is 64.9 Å². The highest BCUT2D eigenvalue weighted by Gasteiger charge is 2.03. The summed E-state index contributed by atoms with van der Waals surface area (Å²) in [4.78, 5) is 11.8. The number of amides is 1. The van der Waals surface area contributed by atoms with Crippen LogP contribution in [-0.2, 0) is 11.2 Å². The number of hydrogen-bond donors (Lipinski definition) is 2. The standard InChI is InChI=1S/C18H18ClN3O/c19-16-6-3-4-14(12-16)8-10-22-18(23)9-11-21-17-7-2-1-5-15(17)13-20/h1-7,12,21H,8-11H2,(H,22,23). The Hall–Kier alpha value is -2.51. The Bertz CT molecular complexity index is 709. The van der Waals surface area contributed by atoms with Crippen molar-refractivity contribution < 1.29 is 4.79 Å². The van der Waals surface area contributed by atoms with E-state index in [1.54, 1.807) is 6.07 Å². The molecule has 0 aliphatic carbocycles. The summed E-state index contributed by atoms with van der Waals surface area (Å²) in [6, 6.07) is 17.0. The number of nitrogens with zero attached hydrogens (tertiary/aromatic N) is 1. The predicted octanol–water partition coefficient (Wildman–Crippen LogP) is 3.37. The number of anilines is 1. The van der Waals surface area contributed by atoms with E-state index in [-0.39, 0.29) is 5.91 Å². The number of hydrogen-bond acceptors (Lipinski definition) is 3. The van der Waals surface area contributed by atoms with Gasteiger partial charge in [-0.25, -0.2) is 0 Å². The molecule has 2 rings (SSSR count). The molecule has 0 aromatic heterocycles. The summed E-state index contributed by atoms with van der Waals surface area (Å²) >= 11 is 5.92. The summed E-state index contributed by atoms with van der Waals surface area (Å²) in [5.74, 6) is -0.0195. The van der Waals surface area contributed by atoms with Crippen molar-refractivity contribution in [3.8, 4) is 6.07 Å². The molecule has 0 spiro atoms. The monoisotopic (exact) mass is 327 g/mol. The van der Waals surface area contributed by atoms with E-state index in [0.29, 0.717) is 30.1 Å². The number of nitrogens with one attached hydrogen (secondary N) is 2. The van der Waals surface area contributed by atoms with Gasteiger partial charge < -0.3 is 10.6 Å². The van der Waals surface area contributed by atoms with Gasteiger partial charge in [0.05, 0.1) is 11.3 Å². The number of carbonyl (C=O) groups excluding carboxylic acids is 1. The van der Waals surface area contributed by atoms with Gasteiger partial charge in [0.2, 0.25) is 5.91 Å². The van der Waals surface area contributed by atoms with Gasteiger partial charge in [-0.1, -0.05) is 35.9 Å². The molecule has 1 amide bonds. The zero-order valence-corrected chi connectivity index (χ0v) is 13.4. The minimum atomic E-state index is -0.0195. The summed E-state index contributed by atoms with van der Waals surface area (Å²) in [5.41, 5.74) is 2.43. The Labute approximate surface area is 141 Å². The molecular weight excluding hydrogens is 310 g/mol. The lowest BCUT2D eigenvalue weighted by Gasteiger charge is -2.09. The lowest BCUT2D eigenvalue weighted by atomic mass is 10.1. The molecule has 0 saturated carbocycles. The van der Waals surface area contributed by atoms with Crippen molar-refractivity contribution >= 4 is 23.2 Å².